The second-order valence-electron chi connectivity index (χ2n) is 6.44. The van der Waals surface area contributed by atoms with E-state index < -0.39 is 0 Å². The Hall–Kier alpha value is -2.33. The number of benzene rings is 2. The molecule has 0 N–H and O–H groups in total. The van der Waals surface area contributed by atoms with Gasteiger partial charge in [-0.2, -0.15) is 0 Å². The van der Waals surface area contributed by atoms with Gasteiger partial charge in [-0.3, -0.25) is 4.79 Å². The predicted octanol–water partition coefficient (Wildman–Crippen LogP) is 3.77. The van der Waals surface area contributed by atoms with Crippen LogP contribution >= 0.6 is 0 Å². The van der Waals surface area contributed by atoms with Crippen LogP contribution in [-0.2, 0) is 0 Å². The second-order valence-corrected chi connectivity index (χ2v) is 6.44. The summed E-state index contributed by atoms with van der Waals surface area (Å²) >= 11 is 0. The lowest BCUT2D eigenvalue weighted by molar-refractivity contribution is 0.0968. The summed E-state index contributed by atoms with van der Waals surface area (Å²) in [4.78, 5) is 14.9. The number of carbonyl (C=O) groups is 1. The largest absolute Gasteiger partial charge is 0.493 e. The highest BCUT2D eigenvalue weighted by Crippen LogP contribution is 2.29. The SMILES string of the molecule is COc1ccc(C(=O)CCN2CC[C@@H](c3ccccc3)C2)cc1OC. The standard InChI is InChI=1S/C21H25NO3/c1-24-20-9-8-17(14-21(20)25-2)19(23)11-13-22-12-10-18(15-22)16-6-4-3-5-7-16/h3-9,14,18H,10-13,15H2,1-2H3/t18-/m1/s1. The van der Waals surface area contributed by atoms with E-state index in [4.69, 9.17) is 9.47 Å². The molecule has 1 fully saturated rings. The van der Waals surface area contributed by atoms with Crippen LogP contribution in [0.3, 0.4) is 0 Å². The molecule has 1 aliphatic heterocycles. The number of ketones is 1. The number of methoxy groups -OCH3 is 2. The number of hydrogen-bond acceptors (Lipinski definition) is 4. The third-order valence-corrected chi connectivity index (χ3v) is 4.90. The fourth-order valence-electron chi connectivity index (χ4n) is 3.45. The van der Waals surface area contributed by atoms with Crippen LogP contribution in [0.1, 0.15) is 34.7 Å². The number of carbonyl (C=O) groups excluding carboxylic acids is 1. The van der Waals surface area contributed by atoms with Crippen molar-refractivity contribution < 1.29 is 14.3 Å². The van der Waals surface area contributed by atoms with Gasteiger partial charge in [0.25, 0.3) is 0 Å². The molecule has 0 unspecified atom stereocenters. The van der Waals surface area contributed by atoms with Crippen LogP contribution < -0.4 is 9.47 Å². The van der Waals surface area contributed by atoms with Crippen molar-refractivity contribution in [3.8, 4) is 11.5 Å². The summed E-state index contributed by atoms with van der Waals surface area (Å²) in [7, 11) is 3.18. The first-order chi connectivity index (χ1) is 12.2. The van der Waals surface area contributed by atoms with Gasteiger partial charge in [0.2, 0.25) is 0 Å². The molecule has 0 aliphatic carbocycles. The summed E-state index contributed by atoms with van der Waals surface area (Å²) in [5.41, 5.74) is 2.08. The molecular formula is C21H25NO3. The monoisotopic (exact) mass is 339 g/mol. The first-order valence-electron chi connectivity index (χ1n) is 8.73. The average molecular weight is 339 g/mol. The van der Waals surface area contributed by atoms with Gasteiger partial charge in [0.1, 0.15) is 0 Å². The van der Waals surface area contributed by atoms with Crippen molar-refractivity contribution in [1.82, 2.24) is 4.90 Å². The molecule has 4 nitrogen and oxygen atoms in total. The molecule has 0 saturated carbocycles. The minimum absolute atomic E-state index is 0.143. The summed E-state index contributed by atoms with van der Waals surface area (Å²) in [6, 6.07) is 16.0. The topological polar surface area (TPSA) is 38.8 Å². The first kappa shape index (κ1) is 17.5. The number of nitrogens with zero attached hydrogens (tertiary/aromatic N) is 1. The summed E-state index contributed by atoms with van der Waals surface area (Å²) in [5, 5.41) is 0. The Kier molecular flexibility index (Phi) is 5.71. The van der Waals surface area contributed by atoms with E-state index in [0.29, 0.717) is 29.4 Å². The van der Waals surface area contributed by atoms with Crippen LogP contribution in [0.5, 0.6) is 11.5 Å². The fraction of sp³-hybridized carbons (Fsp3) is 0.381. The van der Waals surface area contributed by atoms with Gasteiger partial charge in [0.05, 0.1) is 14.2 Å². The summed E-state index contributed by atoms with van der Waals surface area (Å²) in [6.07, 6.45) is 1.69. The molecule has 1 heterocycles. The number of ether oxygens (including phenoxy) is 2. The van der Waals surface area contributed by atoms with Crippen LogP contribution in [0.15, 0.2) is 48.5 Å². The molecule has 0 amide bonds. The zero-order chi connectivity index (χ0) is 17.6. The molecule has 2 aromatic rings. The van der Waals surface area contributed by atoms with Crippen molar-refractivity contribution in [3.05, 3.63) is 59.7 Å². The van der Waals surface area contributed by atoms with Crippen molar-refractivity contribution in [1.29, 1.82) is 0 Å². The van der Waals surface area contributed by atoms with Gasteiger partial charge < -0.3 is 14.4 Å². The van der Waals surface area contributed by atoms with Gasteiger partial charge in [-0.25, -0.2) is 0 Å². The van der Waals surface area contributed by atoms with Gasteiger partial charge in [-0.15, -0.1) is 0 Å². The van der Waals surface area contributed by atoms with Crippen molar-refractivity contribution in [2.75, 3.05) is 33.9 Å². The highest BCUT2D eigenvalue weighted by molar-refractivity contribution is 5.96. The fourth-order valence-corrected chi connectivity index (χ4v) is 3.45. The minimum Gasteiger partial charge on any atom is -0.493 e. The molecule has 25 heavy (non-hydrogen) atoms. The van der Waals surface area contributed by atoms with E-state index in [9.17, 15) is 4.79 Å². The smallest absolute Gasteiger partial charge is 0.164 e. The Bertz CT molecular complexity index is 714. The number of Topliss-reactive ketones (excluding diaryl/α,β-unsaturated/α-hetero) is 1. The second kappa shape index (κ2) is 8.17. The van der Waals surface area contributed by atoms with E-state index in [1.807, 2.05) is 0 Å². The zero-order valence-electron chi connectivity index (χ0n) is 14.9. The van der Waals surface area contributed by atoms with Gasteiger partial charge in [0, 0.05) is 25.1 Å². The van der Waals surface area contributed by atoms with Gasteiger partial charge >= 0.3 is 0 Å². The molecule has 3 rings (SSSR count). The highest BCUT2D eigenvalue weighted by Gasteiger charge is 2.24. The van der Waals surface area contributed by atoms with Gasteiger partial charge in [-0.1, -0.05) is 30.3 Å². The van der Waals surface area contributed by atoms with Gasteiger partial charge in [0.15, 0.2) is 17.3 Å². The molecule has 1 atom stereocenters. The van der Waals surface area contributed by atoms with Crippen molar-refractivity contribution in [3.63, 3.8) is 0 Å². The molecule has 132 valence electrons. The van der Waals surface area contributed by atoms with Crippen LogP contribution in [0.25, 0.3) is 0 Å². The maximum Gasteiger partial charge on any atom is 0.164 e. The van der Waals surface area contributed by atoms with Crippen LogP contribution in [-0.4, -0.2) is 44.5 Å². The van der Waals surface area contributed by atoms with Crippen LogP contribution in [0.4, 0.5) is 0 Å². The Morgan fingerprint density at radius 3 is 2.56 bits per heavy atom. The predicted molar refractivity (Wildman–Crippen MR) is 98.7 cm³/mol. The highest BCUT2D eigenvalue weighted by atomic mass is 16.5. The lowest BCUT2D eigenvalue weighted by Crippen LogP contribution is -2.23. The molecule has 2 aromatic carbocycles. The Labute approximate surface area is 149 Å². The minimum atomic E-state index is 0.143. The Morgan fingerprint density at radius 1 is 1.08 bits per heavy atom. The molecule has 1 saturated heterocycles. The zero-order valence-corrected chi connectivity index (χ0v) is 14.9. The molecule has 0 aromatic heterocycles. The molecule has 0 bridgehead atoms. The van der Waals surface area contributed by atoms with E-state index >= 15 is 0 Å². The number of likely N-dealkylation sites (tertiary alicyclic amines) is 1. The first-order valence-corrected chi connectivity index (χ1v) is 8.73. The van der Waals surface area contributed by atoms with E-state index in [0.717, 1.165) is 26.1 Å². The third kappa shape index (κ3) is 4.20. The lowest BCUT2D eigenvalue weighted by Gasteiger charge is -2.16. The van der Waals surface area contributed by atoms with Crippen LogP contribution in [0.2, 0.25) is 0 Å². The Balaban J connectivity index is 1.55. The summed E-state index contributed by atoms with van der Waals surface area (Å²) < 4.78 is 10.5. The maximum atomic E-state index is 12.5. The van der Waals surface area contributed by atoms with Crippen LogP contribution in [0, 0.1) is 0 Å². The van der Waals surface area contributed by atoms with Crippen molar-refractivity contribution in [2.24, 2.45) is 0 Å². The van der Waals surface area contributed by atoms with E-state index in [2.05, 4.69) is 35.2 Å². The molecule has 1 aliphatic rings. The third-order valence-electron chi connectivity index (χ3n) is 4.90. The quantitative estimate of drug-likeness (QED) is 0.720. The molecular weight excluding hydrogens is 314 g/mol. The lowest BCUT2D eigenvalue weighted by atomic mass is 9.99. The van der Waals surface area contributed by atoms with E-state index in [-0.39, 0.29) is 5.78 Å². The number of hydrogen-bond donors (Lipinski definition) is 0. The average Bonchev–Trinajstić information content (AvgIpc) is 3.15. The number of rotatable bonds is 7. The molecule has 0 spiro atoms. The summed E-state index contributed by atoms with van der Waals surface area (Å²) in [5.74, 6) is 1.96. The van der Waals surface area contributed by atoms with Crippen molar-refractivity contribution >= 4 is 5.78 Å². The van der Waals surface area contributed by atoms with E-state index in [1.165, 1.54) is 5.56 Å². The Morgan fingerprint density at radius 2 is 1.84 bits per heavy atom. The summed E-state index contributed by atoms with van der Waals surface area (Å²) in [6.45, 7) is 2.89. The van der Waals surface area contributed by atoms with E-state index in [1.54, 1.807) is 32.4 Å². The van der Waals surface area contributed by atoms with Gasteiger partial charge in [-0.05, 0) is 42.6 Å². The normalized spacial score (nSPS) is 17.4. The molecule has 0 radical (unpaired) electrons. The van der Waals surface area contributed by atoms with Crippen molar-refractivity contribution in [2.45, 2.75) is 18.8 Å². The molecule has 4 heteroatoms. The maximum absolute atomic E-state index is 12.5.